The number of hydrogen-bond acceptors (Lipinski definition) is 9. The van der Waals surface area contributed by atoms with Crippen molar-refractivity contribution in [3.05, 3.63) is 29.7 Å². The Morgan fingerprint density at radius 2 is 2.12 bits per heavy atom. The van der Waals surface area contributed by atoms with Gasteiger partial charge in [0.2, 0.25) is 5.95 Å². The van der Waals surface area contributed by atoms with Gasteiger partial charge in [0.15, 0.2) is 5.82 Å². The van der Waals surface area contributed by atoms with Crippen LogP contribution in [-0.2, 0) is 6.54 Å². The zero-order chi connectivity index (χ0) is 23.7. The van der Waals surface area contributed by atoms with Crippen molar-refractivity contribution in [2.24, 2.45) is 5.41 Å². The van der Waals surface area contributed by atoms with Gasteiger partial charge in [-0.3, -0.25) is 9.67 Å². The molecule has 0 bridgehead atoms. The average molecular weight is 467 g/mol. The molecule has 3 aromatic rings. The molecule has 4 heterocycles. The maximum Gasteiger partial charge on any atom is 0.222 e. The number of ether oxygens (including phenoxy) is 1. The number of aliphatic hydroxyl groups is 1. The van der Waals surface area contributed by atoms with Crippen molar-refractivity contribution in [3.63, 3.8) is 0 Å². The summed E-state index contributed by atoms with van der Waals surface area (Å²) in [4.78, 5) is 13.6. The molecule has 2 fully saturated rings. The second-order valence-electron chi connectivity index (χ2n) is 9.74. The van der Waals surface area contributed by atoms with Gasteiger partial charge in [-0.2, -0.15) is 10.1 Å². The third-order valence-corrected chi connectivity index (χ3v) is 7.26. The number of rotatable bonds is 10. The molecule has 5 rings (SSSR count). The second kappa shape index (κ2) is 9.34. The lowest BCUT2D eigenvalue weighted by atomic mass is 9.57. The molecule has 1 spiro atoms. The first-order chi connectivity index (χ1) is 16.5. The number of nitrogens with two attached hydrogens (primary N) is 1. The predicted octanol–water partition coefficient (Wildman–Crippen LogP) is 2.29. The van der Waals surface area contributed by atoms with Gasteiger partial charge in [0, 0.05) is 31.9 Å². The van der Waals surface area contributed by atoms with Crippen molar-refractivity contribution in [2.75, 3.05) is 37.9 Å². The summed E-state index contributed by atoms with van der Waals surface area (Å²) in [5.41, 5.74) is 9.96. The van der Waals surface area contributed by atoms with E-state index < -0.39 is 0 Å². The molecule has 3 aromatic heterocycles. The van der Waals surface area contributed by atoms with E-state index in [9.17, 15) is 5.11 Å². The average Bonchev–Trinajstić information content (AvgIpc) is 3.15. The summed E-state index contributed by atoms with van der Waals surface area (Å²) in [6.45, 7) is 4.92. The van der Waals surface area contributed by atoms with E-state index in [2.05, 4.69) is 38.7 Å². The quantitative estimate of drug-likeness (QED) is 0.355. The number of methoxy groups -OCH3 is 1. The fourth-order valence-corrected chi connectivity index (χ4v) is 5.36. The standard InChI is InChI=1S/C24H34N8O2/c1-3-4-17(5-6-33)29-22-21-18(30-23(25)31-22)11-28-32(21)12-19-20(34-2)7-15(10-27-19)16-8-24(9-16)13-26-14-24/h7,10-11,16-17,26,33H,3-6,8-9,12-14H2,1-2H3,(H3,25,29,30,31)/t17-/m0/s1. The minimum atomic E-state index is 0.0828. The predicted molar refractivity (Wildman–Crippen MR) is 131 cm³/mol. The smallest absolute Gasteiger partial charge is 0.222 e. The minimum Gasteiger partial charge on any atom is -0.495 e. The second-order valence-corrected chi connectivity index (χ2v) is 9.74. The SMILES string of the molecule is CCC[C@@H](CCO)Nc1nc(N)nc2cnn(Cc3ncc(C4CC5(CNC5)C4)cc3OC)c12. The van der Waals surface area contributed by atoms with Crippen LogP contribution in [0.5, 0.6) is 5.75 Å². The first-order valence-electron chi connectivity index (χ1n) is 12.1. The molecule has 10 heteroatoms. The topological polar surface area (TPSA) is 136 Å². The largest absolute Gasteiger partial charge is 0.495 e. The highest BCUT2D eigenvalue weighted by molar-refractivity contribution is 5.86. The van der Waals surface area contributed by atoms with E-state index in [1.54, 1.807) is 13.3 Å². The van der Waals surface area contributed by atoms with E-state index in [4.69, 9.17) is 15.5 Å². The van der Waals surface area contributed by atoms with Crippen LogP contribution in [-0.4, -0.2) is 62.7 Å². The van der Waals surface area contributed by atoms with Gasteiger partial charge < -0.3 is 26.2 Å². The van der Waals surface area contributed by atoms with Crippen LogP contribution in [0.2, 0.25) is 0 Å². The number of aromatic nitrogens is 5. The normalized spacial score (nSPS) is 18.0. The molecular weight excluding hydrogens is 432 g/mol. The lowest BCUT2D eigenvalue weighted by Gasteiger charge is -2.54. The summed E-state index contributed by atoms with van der Waals surface area (Å²) in [6, 6.07) is 2.21. The van der Waals surface area contributed by atoms with Crippen molar-refractivity contribution < 1.29 is 9.84 Å². The Labute approximate surface area is 199 Å². The van der Waals surface area contributed by atoms with Crippen molar-refractivity contribution in [3.8, 4) is 5.75 Å². The summed E-state index contributed by atoms with van der Waals surface area (Å²) in [6.07, 6.45) is 8.65. The maximum atomic E-state index is 9.47. The molecule has 0 amide bonds. The van der Waals surface area contributed by atoms with Gasteiger partial charge in [0.25, 0.3) is 0 Å². The molecule has 1 saturated heterocycles. The van der Waals surface area contributed by atoms with Crippen molar-refractivity contribution >= 4 is 22.8 Å². The lowest BCUT2D eigenvalue weighted by Crippen LogP contribution is -2.59. The van der Waals surface area contributed by atoms with Crippen LogP contribution in [0.1, 0.15) is 56.2 Å². The summed E-state index contributed by atoms with van der Waals surface area (Å²) < 4.78 is 7.56. The Morgan fingerprint density at radius 1 is 1.29 bits per heavy atom. The number of nitrogen functional groups attached to an aromatic ring is 1. The molecule has 1 saturated carbocycles. The number of fused-ring (bicyclic) bond motifs is 1. The first kappa shape index (κ1) is 22.8. The van der Waals surface area contributed by atoms with Crippen molar-refractivity contribution in [1.29, 1.82) is 0 Å². The summed E-state index contributed by atoms with van der Waals surface area (Å²) in [5.74, 6) is 2.13. The van der Waals surface area contributed by atoms with E-state index in [1.807, 2.05) is 10.9 Å². The van der Waals surface area contributed by atoms with Gasteiger partial charge in [-0.05, 0) is 48.6 Å². The third-order valence-electron chi connectivity index (χ3n) is 7.26. The molecular formula is C24H34N8O2. The number of nitrogens with zero attached hydrogens (tertiary/aromatic N) is 5. The molecule has 0 unspecified atom stereocenters. The molecule has 0 aromatic carbocycles. The molecule has 0 radical (unpaired) electrons. The monoisotopic (exact) mass is 466 g/mol. The highest BCUT2D eigenvalue weighted by Gasteiger charge is 2.48. The van der Waals surface area contributed by atoms with Crippen molar-refractivity contribution in [2.45, 2.75) is 57.5 Å². The Kier molecular flexibility index (Phi) is 6.26. The van der Waals surface area contributed by atoms with Gasteiger partial charge >= 0.3 is 0 Å². The highest BCUT2D eigenvalue weighted by Crippen LogP contribution is 2.53. The van der Waals surface area contributed by atoms with Crippen LogP contribution in [0.15, 0.2) is 18.5 Å². The van der Waals surface area contributed by atoms with Crippen LogP contribution >= 0.6 is 0 Å². The molecule has 1 aliphatic heterocycles. The molecule has 10 nitrogen and oxygen atoms in total. The van der Waals surface area contributed by atoms with Gasteiger partial charge in [0.1, 0.15) is 22.5 Å². The van der Waals surface area contributed by atoms with Gasteiger partial charge in [-0.25, -0.2) is 4.98 Å². The Hall–Kier alpha value is -2.98. The molecule has 2 aliphatic rings. The number of anilines is 2. The van der Waals surface area contributed by atoms with Crippen LogP contribution in [0.25, 0.3) is 11.0 Å². The molecule has 5 N–H and O–H groups in total. The molecule has 34 heavy (non-hydrogen) atoms. The minimum absolute atomic E-state index is 0.0828. The summed E-state index contributed by atoms with van der Waals surface area (Å²) in [7, 11) is 1.69. The Balaban J connectivity index is 1.41. The summed E-state index contributed by atoms with van der Waals surface area (Å²) in [5, 5.41) is 20.9. The fourth-order valence-electron chi connectivity index (χ4n) is 5.36. The zero-order valence-corrected chi connectivity index (χ0v) is 19.9. The Bertz CT molecular complexity index is 1150. The third kappa shape index (κ3) is 4.27. The van der Waals surface area contributed by atoms with E-state index in [0.29, 0.717) is 35.6 Å². The van der Waals surface area contributed by atoms with Gasteiger partial charge in [-0.15, -0.1) is 0 Å². The van der Waals surface area contributed by atoms with Crippen LogP contribution in [0, 0.1) is 5.41 Å². The van der Waals surface area contributed by atoms with Crippen LogP contribution in [0.3, 0.4) is 0 Å². The number of aliphatic hydroxyl groups excluding tert-OH is 1. The zero-order valence-electron chi connectivity index (χ0n) is 19.9. The summed E-state index contributed by atoms with van der Waals surface area (Å²) >= 11 is 0. The van der Waals surface area contributed by atoms with E-state index >= 15 is 0 Å². The lowest BCUT2D eigenvalue weighted by molar-refractivity contribution is 0.0361. The molecule has 182 valence electrons. The maximum absolute atomic E-state index is 9.47. The number of pyridine rings is 1. The molecule has 1 aliphatic carbocycles. The first-order valence-corrected chi connectivity index (χ1v) is 12.1. The van der Waals surface area contributed by atoms with E-state index in [1.165, 1.54) is 18.4 Å². The van der Waals surface area contributed by atoms with Gasteiger partial charge in [-0.1, -0.05) is 13.3 Å². The highest BCUT2D eigenvalue weighted by atomic mass is 16.5. The van der Waals surface area contributed by atoms with Crippen LogP contribution < -0.4 is 21.1 Å². The molecule has 1 atom stereocenters. The Morgan fingerprint density at radius 3 is 2.79 bits per heavy atom. The fraction of sp³-hybridized carbons (Fsp3) is 0.583. The van der Waals surface area contributed by atoms with Crippen molar-refractivity contribution in [1.82, 2.24) is 30.0 Å². The van der Waals surface area contributed by atoms with E-state index in [0.717, 1.165) is 42.9 Å². The van der Waals surface area contributed by atoms with E-state index in [-0.39, 0.29) is 18.6 Å². The number of nitrogens with one attached hydrogen (secondary N) is 2. The number of hydrogen-bond donors (Lipinski definition) is 4. The van der Waals surface area contributed by atoms with Gasteiger partial charge in [0.05, 0.1) is 19.9 Å². The van der Waals surface area contributed by atoms with Crippen LogP contribution in [0.4, 0.5) is 11.8 Å².